The Bertz CT molecular complexity index is 830. The maximum atomic E-state index is 11.4. The van der Waals surface area contributed by atoms with Crippen LogP contribution in [0.25, 0.3) is 11.4 Å². The number of carbonyl (C=O) groups excluding carboxylic acids is 1. The minimum atomic E-state index is -0.414. The van der Waals surface area contributed by atoms with Gasteiger partial charge in [0.1, 0.15) is 5.76 Å². The van der Waals surface area contributed by atoms with Crippen LogP contribution < -0.4 is 5.73 Å². The van der Waals surface area contributed by atoms with Gasteiger partial charge in [0.15, 0.2) is 11.0 Å². The van der Waals surface area contributed by atoms with E-state index in [1.165, 1.54) is 11.8 Å². The van der Waals surface area contributed by atoms with Gasteiger partial charge in [-0.05, 0) is 43.3 Å². The first kappa shape index (κ1) is 16.6. The smallest absolute Gasteiger partial charge is 0.230 e. The Morgan fingerprint density at radius 2 is 2.08 bits per heavy atom. The molecular weight excluding hydrogens is 348 g/mol. The Balaban J connectivity index is 2.00. The summed E-state index contributed by atoms with van der Waals surface area (Å²) in [6.07, 6.45) is 1.61. The Kier molecular flexibility index (Phi) is 4.92. The number of nitrogens with zero attached hydrogens (tertiary/aromatic N) is 3. The third-order valence-electron chi connectivity index (χ3n) is 3.40. The SMILES string of the molecule is C[C@@H](Sc1nnc(-c2ccc(Cl)cc2)n1Cc1ccco1)C(N)=O. The molecule has 24 heavy (non-hydrogen) atoms. The second-order valence-electron chi connectivity index (χ2n) is 5.14. The predicted octanol–water partition coefficient (Wildman–Crippen LogP) is 3.21. The summed E-state index contributed by atoms with van der Waals surface area (Å²) in [7, 11) is 0. The summed E-state index contributed by atoms with van der Waals surface area (Å²) in [6.45, 7) is 2.19. The van der Waals surface area contributed by atoms with Gasteiger partial charge in [-0.2, -0.15) is 0 Å². The van der Waals surface area contributed by atoms with Crippen molar-refractivity contribution >= 4 is 29.3 Å². The summed E-state index contributed by atoms with van der Waals surface area (Å²) in [5.74, 6) is 1.03. The van der Waals surface area contributed by atoms with Gasteiger partial charge in [-0.3, -0.25) is 9.36 Å². The quantitative estimate of drug-likeness (QED) is 0.680. The van der Waals surface area contributed by atoms with Crippen LogP contribution in [0.1, 0.15) is 12.7 Å². The first-order valence-electron chi connectivity index (χ1n) is 7.22. The molecule has 2 heterocycles. The molecule has 0 aliphatic rings. The number of hydrogen-bond acceptors (Lipinski definition) is 5. The number of furan rings is 1. The Morgan fingerprint density at radius 1 is 1.33 bits per heavy atom. The third kappa shape index (κ3) is 3.63. The van der Waals surface area contributed by atoms with E-state index in [-0.39, 0.29) is 0 Å². The maximum Gasteiger partial charge on any atom is 0.230 e. The highest BCUT2D eigenvalue weighted by Crippen LogP contribution is 2.28. The molecule has 1 atom stereocenters. The molecule has 0 unspecified atom stereocenters. The molecule has 2 N–H and O–H groups in total. The maximum absolute atomic E-state index is 11.4. The number of halogens is 1. The van der Waals surface area contributed by atoms with Crippen molar-refractivity contribution in [2.75, 3.05) is 0 Å². The molecule has 0 saturated heterocycles. The van der Waals surface area contributed by atoms with E-state index in [2.05, 4.69) is 10.2 Å². The van der Waals surface area contributed by atoms with Crippen molar-refractivity contribution < 1.29 is 9.21 Å². The molecule has 8 heteroatoms. The fraction of sp³-hybridized carbons (Fsp3) is 0.188. The van der Waals surface area contributed by atoms with Gasteiger partial charge in [0.05, 0.1) is 18.1 Å². The predicted molar refractivity (Wildman–Crippen MR) is 92.8 cm³/mol. The molecule has 0 aliphatic carbocycles. The molecule has 0 fully saturated rings. The summed E-state index contributed by atoms with van der Waals surface area (Å²) in [5.41, 5.74) is 6.23. The van der Waals surface area contributed by atoms with Gasteiger partial charge in [-0.1, -0.05) is 23.4 Å². The molecular formula is C16H15ClN4O2S. The lowest BCUT2D eigenvalue weighted by Crippen LogP contribution is -2.23. The Morgan fingerprint density at radius 3 is 2.71 bits per heavy atom. The van der Waals surface area contributed by atoms with Crippen molar-refractivity contribution in [3.63, 3.8) is 0 Å². The molecule has 0 aliphatic heterocycles. The van der Waals surface area contributed by atoms with Gasteiger partial charge in [0, 0.05) is 10.6 Å². The van der Waals surface area contributed by atoms with Crippen LogP contribution >= 0.6 is 23.4 Å². The number of benzene rings is 1. The fourth-order valence-electron chi connectivity index (χ4n) is 2.11. The van der Waals surface area contributed by atoms with E-state index in [9.17, 15) is 4.79 Å². The summed E-state index contributed by atoms with van der Waals surface area (Å²) in [4.78, 5) is 11.4. The van der Waals surface area contributed by atoms with Crippen LogP contribution in [0.5, 0.6) is 0 Å². The second-order valence-corrected chi connectivity index (χ2v) is 6.89. The molecule has 1 amide bonds. The van der Waals surface area contributed by atoms with Gasteiger partial charge in [-0.15, -0.1) is 10.2 Å². The summed E-state index contributed by atoms with van der Waals surface area (Å²) >= 11 is 7.22. The number of carbonyl (C=O) groups is 1. The summed E-state index contributed by atoms with van der Waals surface area (Å²) < 4.78 is 7.32. The highest BCUT2D eigenvalue weighted by molar-refractivity contribution is 8.00. The van der Waals surface area contributed by atoms with E-state index in [0.29, 0.717) is 22.5 Å². The zero-order valence-electron chi connectivity index (χ0n) is 12.8. The monoisotopic (exact) mass is 362 g/mol. The molecule has 0 spiro atoms. The van der Waals surface area contributed by atoms with E-state index in [0.717, 1.165) is 11.3 Å². The average Bonchev–Trinajstić information content (AvgIpc) is 3.19. The standard InChI is InChI=1S/C16H15ClN4O2S/c1-10(14(18)22)24-16-20-19-15(11-4-6-12(17)7-5-11)21(16)9-13-3-2-8-23-13/h2-8,10H,9H2,1H3,(H2,18,22)/t10-/m1/s1. The molecule has 2 aromatic heterocycles. The first-order chi connectivity index (χ1) is 11.5. The van der Waals surface area contributed by atoms with Crippen molar-refractivity contribution in [3.05, 3.63) is 53.4 Å². The lowest BCUT2D eigenvalue weighted by molar-refractivity contribution is -0.117. The van der Waals surface area contributed by atoms with Gasteiger partial charge < -0.3 is 10.2 Å². The van der Waals surface area contributed by atoms with E-state index in [1.807, 2.05) is 28.8 Å². The highest BCUT2D eigenvalue weighted by Gasteiger charge is 2.20. The normalized spacial score (nSPS) is 12.2. The average molecular weight is 363 g/mol. The number of aromatic nitrogens is 3. The second kappa shape index (κ2) is 7.11. The number of amides is 1. The molecule has 0 bridgehead atoms. The number of thioether (sulfide) groups is 1. The van der Waals surface area contributed by atoms with Crippen LogP contribution in [0.4, 0.5) is 0 Å². The molecule has 124 valence electrons. The van der Waals surface area contributed by atoms with Crippen LogP contribution in [0.15, 0.2) is 52.2 Å². The summed E-state index contributed by atoms with van der Waals surface area (Å²) in [5, 5.41) is 9.31. The Labute approximate surface area is 148 Å². The van der Waals surface area contributed by atoms with E-state index < -0.39 is 11.2 Å². The van der Waals surface area contributed by atoms with Crippen LogP contribution in [0.3, 0.4) is 0 Å². The van der Waals surface area contributed by atoms with Crippen LogP contribution in [-0.4, -0.2) is 25.9 Å². The molecule has 6 nitrogen and oxygen atoms in total. The molecule has 1 aromatic carbocycles. The van der Waals surface area contributed by atoms with Crippen molar-refractivity contribution in [3.8, 4) is 11.4 Å². The molecule has 0 saturated carbocycles. The Hall–Kier alpha value is -2.25. The number of primary amides is 1. The minimum absolute atomic E-state index is 0.402. The number of hydrogen-bond donors (Lipinski definition) is 1. The van der Waals surface area contributed by atoms with Gasteiger partial charge in [0.25, 0.3) is 0 Å². The van der Waals surface area contributed by atoms with Gasteiger partial charge >= 0.3 is 0 Å². The van der Waals surface area contributed by atoms with Crippen molar-refractivity contribution in [1.82, 2.24) is 14.8 Å². The zero-order chi connectivity index (χ0) is 17.1. The van der Waals surface area contributed by atoms with E-state index in [4.69, 9.17) is 21.8 Å². The lowest BCUT2D eigenvalue weighted by Gasteiger charge is -2.10. The van der Waals surface area contributed by atoms with Crippen LogP contribution in [0, 0.1) is 0 Å². The van der Waals surface area contributed by atoms with E-state index >= 15 is 0 Å². The lowest BCUT2D eigenvalue weighted by atomic mass is 10.2. The molecule has 0 radical (unpaired) electrons. The van der Waals surface area contributed by atoms with Crippen LogP contribution in [0.2, 0.25) is 5.02 Å². The minimum Gasteiger partial charge on any atom is -0.467 e. The van der Waals surface area contributed by atoms with Gasteiger partial charge in [0.2, 0.25) is 5.91 Å². The number of rotatable bonds is 6. The molecule has 3 aromatic rings. The third-order valence-corrected chi connectivity index (χ3v) is 4.75. The van der Waals surface area contributed by atoms with Crippen molar-refractivity contribution in [1.29, 1.82) is 0 Å². The van der Waals surface area contributed by atoms with Crippen molar-refractivity contribution in [2.45, 2.75) is 23.9 Å². The van der Waals surface area contributed by atoms with Crippen LogP contribution in [-0.2, 0) is 11.3 Å². The zero-order valence-corrected chi connectivity index (χ0v) is 14.4. The fourth-order valence-corrected chi connectivity index (χ4v) is 3.03. The summed E-state index contributed by atoms with van der Waals surface area (Å²) in [6, 6.07) is 11.0. The topological polar surface area (TPSA) is 86.9 Å². The van der Waals surface area contributed by atoms with E-state index in [1.54, 1.807) is 25.3 Å². The van der Waals surface area contributed by atoms with Crippen molar-refractivity contribution in [2.24, 2.45) is 5.73 Å². The van der Waals surface area contributed by atoms with Gasteiger partial charge in [-0.25, -0.2) is 0 Å². The number of nitrogens with two attached hydrogens (primary N) is 1. The first-order valence-corrected chi connectivity index (χ1v) is 8.48. The highest BCUT2D eigenvalue weighted by atomic mass is 35.5. The largest absolute Gasteiger partial charge is 0.467 e. The molecule has 3 rings (SSSR count).